The number of piperazine rings is 1. The first-order chi connectivity index (χ1) is 8.25. The summed E-state index contributed by atoms with van der Waals surface area (Å²) in [5.41, 5.74) is 3.57. The molecule has 1 saturated heterocycles. The number of nitrogens with one attached hydrogen (secondary N) is 2. The summed E-state index contributed by atoms with van der Waals surface area (Å²) in [5, 5.41) is 7.06. The second-order valence-electron chi connectivity index (χ2n) is 4.78. The largest absolute Gasteiger partial charge is 0.334 e. The zero-order chi connectivity index (χ0) is 11.8. The molecule has 0 amide bonds. The smallest absolute Gasteiger partial charge is 0.0955 e. The number of benzene rings is 1. The van der Waals surface area contributed by atoms with Crippen LogP contribution >= 0.6 is 0 Å². The lowest BCUT2D eigenvalue weighted by atomic mass is 9.98. The van der Waals surface area contributed by atoms with E-state index in [9.17, 15) is 0 Å². The van der Waals surface area contributed by atoms with Gasteiger partial charge in [0, 0.05) is 32.2 Å². The van der Waals surface area contributed by atoms with Crippen LogP contribution in [0, 0.1) is 0 Å². The van der Waals surface area contributed by atoms with E-state index in [0.29, 0.717) is 12.1 Å². The molecule has 4 nitrogen and oxygen atoms in total. The number of rotatable bonds is 1. The molecule has 1 aliphatic rings. The summed E-state index contributed by atoms with van der Waals surface area (Å²) in [4.78, 5) is 4.41. The van der Waals surface area contributed by atoms with Gasteiger partial charge in [0.2, 0.25) is 0 Å². The summed E-state index contributed by atoms with van der Waals surface area (Å²) < 4.78 is 2.05. The Kier molecular flexibility index (Phi) is 2.61. The lowest BCUT2D eigenvalue weighted by Gasteiger charge is -2.31. The number of hydrogen-bond acceptors (Lipinski definition) is 3. The number of fused-ring (bicyclic) bond motifs is 1. The molecule has 0 bridgehead atoms. The van der Waals surface area contributed by atoms with Crippen molar-refractivity contribution in [3.8, 4) is 0 Å². The number of hydrogen-bond donors (Lipinski definition) is 2. The molecule has 3 rings (SSSR count). The first-order valence-corrected chi connectivity index (χ1v) is 6.13. The number of nitrogens with zero attached hydrogens (tertiary/aromatic N) is 2. The maximum atomic E-state index is 4.41. The summed E-state index contributed by atoms with van der Waals surface area (Å²) in [6, 6.07) is 7.39. The molecular formula is C13H18N4. The third-order valence-corrected chi connectivity index (χ3v) is 3.56. The Morgan fingerprint density at radius 3 is 2.94 bits per heavy atom. The number of aromatic nitrogens is 2. The predicted molar refractivity (Wildman–Crippen MR) is 68.9 cm³/mol. The van der Waals surface area contributed by atoms with E-state index in [1.165, 1.54) is 11.1 Å². The van der Waals surface area contributed by atoms with Crippen LogP contribution in [0.2, 0.25) is 0 Å². The highest BCUT2D eigenvalue weighted by molar-refractivity contribution is 5.76. The van der Waals surface area contributed by atoms with Gasteiger partial charge >= 0.3 is 0 Å². The highest BCUT2D eigenvalue weighted by Crippen LogP contribution is 2.22. The quantitative estimate of drug-likeness (QED) is 0.773. The molecule has 2 N–H and O–H groups in total. The highest BCUT2D eigenvalue weighted by Gasteiger charge is 2.22. The van der Waals surface area contributed by atoms with E-state index in [2.05, 4.69) is 45.3 Å². The predicted octanol–water partition coefficient (Wildman–Crippen LogP) is 1.20. The average Bonchev–Trinajstić information content (AvgIpc) is 2.71. The first-order valence-electron chi connectivity index (χ1n) is 6.13. The Bertz CT molecular complexity index is 531. The van der Waals surface area contributed by atoms with E-state index in [-0.39, 0.29) is 0 Å². The van der Waals surface area contributed by atoms with Crippen molar-refractivity contribution in [2.24, 2.45) is 7.05 Å². The fourth-order valence-electron chi connectivity index (χ4n) is 2.58. The van der Waals surface area contributed by atoms with Crippen LogP contribution in [-0.4, -0.2) is 28.7 Å². The molecule has 1 aromatic carbocycles. The Balaban J connectivity index is 1.99. The zero-order valence-corrected chi connectivity index (χ0v) is 10.3. The summed E-state index contributed by atoms with van der Waals surface area (Å²) in [7, 11) is 2.03. The molecular weight excluding hydrogens is 212 g/mol. The molecule has 2 unspecified atom stereocenters. The molecule has 0 aliphatic carbocycles. The van der Waals surface area contributed by atoms with Crippen LogP contribution in [0.3, 0.4) is 0 Å². The van der Waals surface area contributed by atoms with Gasteiger partial charge in [0.25, 0.3) is 0 Å². The molecule has 1 aliphatic heterocycles. The molecule has 4 heteroatoms. The summed E-state index contributed by atoms with van der Waals surface area (Å²) in [6.45, 7) is 4.29. The molecule has 1 aromatic heterocycles. The molecule has 17 heavy (non-hydrogen) atoms. The van der Waals surface area contributed by atoms with Crippen molar-refractivity contribution in [3.63, 3.8) is 0 Å². The maximum absolute atomic E-state index is 4.41. The molecule has 90 valence electrons. The van der Waals surface area contributed by atoms with Gasteiger partial charge in [-0.25, -0.2) is 4.98 Å². The lowest BCUT2D eigenvalue weighted by Crippen LogP contribution is -2.48. The SMILES string of the molecule is CC1NCCNC1c1ccc2c(c1)ncn2C. The van der Waals surface area contributed by atoms with Crippen LogP contribution in [0.15, 0.2) is 24.5 Å². The van der Waals surface area contributed by atoms with Crippen molar-refractivity contribution in [2.45, 2.75) is 19.0 Å². The van der Waals surface area contributed by atoms with Crippen molar-refractivity contribution in [3.05, 3.63) is 30.1 Å². The van der Waals surface area contributed by atoms with E-state index in [0.717, 1.165) is 18.6 Å². The number of aryl methyl sites for hydroxylation is 1. The van der Waals surface area contributed by atoms with E-state index in [1.807, 2.05) is 13.4 Å². The minimum atomic E-state index is 0.384. The van der Waals surface area contributed by atoms with Gasteiger partial charge in [0.15, 0.2) is 0 Å². The lowest BCUT2D eigenvalue weighted by molar-refractivity contribution is 0.346. The van der Waals surface area contributed by atoms with Gasteiger partial charge < -0.3 is 15.2 Å². The molecule has 0 saturated carbocycles. The standard InChI is InChI=1S/C13H18N4/c1-9-13(15-6-5-14-9)10-3-4-12-11(7-10)16-8-17(12)2/h3-4,7-9,13-15H,5-6H2,1-2H3. The zero-order valence-electron chi connectivity index (χ0n) is 10.3. The third kappa shape index (κ3) is 1.83. The first kappa shape index (κ1) is 10.7. The van der Waals surface area contributed by atoms with Crippen LogP contribution in [0.4, 0.5) is 0 Å². The Hall–Kier alpha value is -1.39. The van der Waals surface area contributed by atoms with Gasteiger partial charge in [-0.3, -0.25) is 0 Å². The highest BCUT2D eigenvalue weighted by atomic mass is 15.1. The minimum absolute atomic E-state index is 0.384. The fraction of sp³-hybridized carbons (Fsp3) is 0.462. The second-order valence-corrected chi connectivity index (χ2v) is 4.78. The maximum Gasteiger partial charge on any atom is 0.0955 e. The Labute approximate surface area is 101 Å². The minimum Gasteiger partial charge on any atom is -0.334 e. The number of imidazole rings is 1. The van der Waals surface area contributed by atoms with Crippen LogP contribution < -0.4 is 10.6 Å². The molecule has 0 spiro atoms. The van der Waals surface area contributed by atoms with E-state index >= 15 is 0 Å². The van der Waals surface area contributed by atoms with Crippen molar-refractivity contribution in [1.82, 2.24) is 20.2 Å². The van der Waals surface area contributed by atoms with Gasteiger partial charge in [-0.2, -0.15) is 0 Å². The van der Waals surface area contributed by atoms with E-state index < -0.39 is 0 Å². The van der Waals surface area contributed by atoms with Gasteiger partial charge in [-0.15, -0.1) is 0 Å². The van der Waals surface area contributed by atoms with Crippen LogP contribution in [-0.2, 0) is 7.05 Å². The Morgan fingerprint density at radius 2 is 2.12 bits per heavy atom. The second kappa shape index (κ2) is 4.13. The Morgan fingerprint density at radius 1 is 1.29 bits per heavy atom. The molecule has 0 radical (unpaired) electrons. The summed E-state index contributed by atoms with van der Waals surface area (Å²) in [5.74, 6) is 0. The van der Waals surface area contributed by atoms with Crippen molar-refractivity contribution >= 4 is 11.0 Å². The summed E-state index contributed by atoms with van der Waals surface area (Å²) in [6.07, 6.45) is 1.87. The van der Waals surface area contributed by atoms with Crippen molar-refractivity contribution in [1.29, 1.82) is 0 Å². The van der Waals surface area contributed by atoms with Gasteiger partial charge in [-0.05, 0) is 24.6 Å². The molecule has 1 fully saturated rings. The van der Waals surface area contributed by atoms with Crippen LogP contribution in [0.25, 0.3) is 11.0 Å². The molecule has 2 aromatic rings. The summed E-state index contributed by atoms with van der Waals surface area (Å²) >= 11 is 0. The van der Waals surface area contributed by atoms with E-state index in [1.54, 1.807) is 0 Å². The van der Waals surface area contributed by atoms with Crippen molar-refractivity contribution < 1.29 is 0 Å². The van der Waals surface area contributed by atoms with Crippen LogP contribution in [0.5, 0.6) is 0 Å². The normalized spacial score (nSPS) is 25.3. The van der Waals surface area contributed by atoms with Crippen molar-refractivity contribution in [2.75, 3.05) is 13.1 Å². The van der Waals surface area contributed by atoms with Gasteiger partial charge in [0.05, 0.1) is 17.4 Å². The van der Waals surface area contributed by atoms with Crippen LogP contribution in [0.1, 0.15) is 18.5 Å². The van der Waals surface area contributed by atoms with Gasteiger partial charge in [-0.1, -0.05) is 6.07 Å². The third-order valence-electron chi connectivity index (χ3n) is 3.56. The average molecular weight is 230 g/mol. The molecule has 2 atom stereocenters. The topological polar surface area (TPSA) is 41.9 Å². The fourth-order valence-corrected chi connectivity index (χ4v) is 2.58. The van der Waals surface area contributed by atoms with Gasteiger partial charge in [0.1, 0.15) is 0 Å². The monoisotopic (exact) mass is 230 g/mol. The van der Waals surface area contributed by atoms with E-state index in [4.69, 9.17) is 0 Å². The molecule has 2 heterocycles.